The van der Waals surface area contributed by atoms with Gasteiger partial charge in [-0.1, -0.05) is 197 Å². The Bertz CT molecular complexity index is 3110. The highest BCUT2D eigenvalue weighted by Crippen LogP contribution is 2.55. The molecule has 11 rings (SSSR count). The summed E-state index contributed by atoms with van der Waals surface area (Å²) in [5.41, 5.74) is 15.8. The summed E-state index contributed by atoms with van der Waals surface area (Å²) in [6.07, 6.45) is 13.3. The van der Waals surface area contributed by atoms with Crippen molar-refractivity contribution in [3.05, 3.63) is 204 Å². The van der Waals surface area contributed by atoms with E-state index in [4.69, 9.17) is 0 Å². The van der Waals surface area contributed by atoms with Gasteiger partial charge in [0.25, 0.3) is 0 Å². The van der Waals surface area contributed by atoms with Gasteiger partial charge in [0.05, 0.1) is 0 Å². The van der Waals surface area contributed by atoms with Gasteiger partial charge in [0.2, 0.25) is 0 Å². The van der Waals surface area contributed by atoms with Crippen LogP contribution < -0.4 is 4.90 Å². The van der Waals surface area contributed by atoms with Crippen molar-refractivity contribution >= 4 is 55.8 Å². The largest absolute Gasteiger partial charge is 0.338 e. The monoisotopic (exact) mass is 799 g/mol. The maximum Gasteiger partial charge on any atom is 0.0416 e. The SMILES string of the molecule is CCC1(CC)c2cc(/C=C/c3cc(-c4ccccc4)c4c5ccccc5c5ccccc5c4c3-c3ccccc3)ccc2-c2ccc(N(c3ccccc3)C3CCCCC3)cc21. The predicted molar refractivity (Wildman–Crippen MR) is 267 cm³/mol. The van der Waals surface area contributed by atoms with Gasteiger partial charge in [-0.15, -0.1) is 0 Å². The third kappa shape index (κ3) is 6.29. The van der Waals surface area contributed by atoms with Gasteiger partial charge in [-0.25, -0.2) is 0 Å². The number of fused-ring (bicyclic) bond motifs is 9. The van der Waals surface area contributed by atoms with E-state index in [1.807, 2.05) is 0 Å². The third-order valence-corrected chi connectivity index (χ3v) is 14.5. The molecule has 0 atom stereocenters. The maximum atomic E-state index is 2.66. The highest BCUT2D eigenvalue weighted by atomic mass is 15.2. The lowest BCUT2D eigenvalue weighted by molar-refractivity contribution is 0.435. The molecule has 9 aromatic rings. The van der Waals surface area contributed by atoms with Crippen molar-refractivity contribution in [3.8, 4) is 33.4 Å². The van der Waals surface area contributed by atoms with Crippen LogP contribution in [0.15, 0.2) is 182 Å². The highest BCUT2D eigenvalue weighted by molar-refractivity contribution is 6.32. The van der Waals surface area contributed by atoms with Crippen LogP contribution in [0.25, 0.3) is 77.9 Å². The summed E-state index contributed by atoms with van der Waals surface area (Å²) in [7, 11) is 0. The molecule has 0 heterocycles. The number of benzene rings is 9. The molecule has 2 aliphatic rings. The van der Waals surface area contributed by atoms with E-state index >= 15 is 0 Å². The van der Waals surface area contributed by atoms with Crippen LogP contribution in [0.5, 0.6) is 0 Å². The van der Waals surface area contributed by atoms with E-state index in [0.717, 1.165) is 12.8 Å². The van der Waals surface area contributed by atoms with Gasteiger partial charge in [0.15, 0.2) is 0 Å². The first-order valence-corrected chi connectivity index (χ1v) is 23.0. The Hall–Kier alpha value is -6.70. The molecule has 0 bridgehead atoms. The van der Waals surface area contributed by atoms with Crippen molar-refractivity contribution in [2.24, 2.45) is 0 Å². The Morgan fingerprint density at radius 1 is 0.468 bits per heavy atom. The molecule has 1 nitrogen and oxygen atoms in total. The predicted octanol–water partition coefficient (Wildman–Crippen LogP) is 17.2. The van der Waals surface area contributed by atoms with E-state index in [9.17, 15) is 0 Å². The molecule has 1 fully saturated rings. The Balaban J connectivity index is 1.08. The van der Waals surface area contributed by atoms with E-state index in [1.54, 1.807) is 0 Å². The van der Waals surface area contributed by atoms with Gasteiger partial charge < -0.3 is 4.90 Å². The number of para-hydroxylation sites is 1. The zero-order chi connectivity index (χ0) is 41.6. The summed E-state index contributed by atoms with van der Waals surface area (Å²) in [5, 5.41) is 7.76. The molecule has 0 aliphatic heterocycles. The lowest BCUT2D eigenvalue weighted by Crippen LogP contribution is -2.33. The molecule has 0 unspecified atom stereocenters. The van der Waals surface area contributed by atoms with Gasteiger partial charge in [0, 0.05) is 22.8 Å². The molecule has 0 spiro atoms. The van der Waals surface area contributed by atoms with Crippen LogP contribution >= 0.6 is 0 Å². The summed E-state index contributed by atoms with van der Waals surface area (Å²) < 4.78 is 0. The molecular weight excluding hydrogens is 747 g/mol. The molecular formula is C61H53N. The van der Waals surface area contributed by atoms with Crippen molar-refractivity contribution < 1.29 is 0 Å². The Morgan fingerprint density at radius 3 is 1.66 bits per heavy atom. The average molecular weight is 800 g/mol. The van der Waals surface area contributed by atoms with Gasteiger partial charge in [-0.05, 0) is 144 Å². The lowest BCUT2D eigenvalue weighted by atomic mass is 9.73. The number of nitrogens with zero attached hydrogens (tertiary/aromatic N) is 1. The smallest absolute Gasteiger partial charge is 0.0416 e. The standard InChI is InChI=1S/C61H53N/c1-3-61(4-2)56-39-42(34-37-51(56)52-38-36-48(41-57(52)61)62(46-25-13-7-14-26-46)47-27-15-8-16-28-47)33-35-45-40-55(43-21-9-5-10-22-43)59-53-31-19-17-29-49(53)50-30-18-20-32-54(50)60(59)58(45)44-23-11-6-12-24-44/h5-7,9-14,17-26,29-41,47H,3-4,8,15-16,27-28H2,1-2H3/b35-33+. The number of hydrogen-bond acceptors (Lipinski definition) is 1. The third-order valence-electron chi connectivity index (χ3n) is 14.5. The maximum absolute atomic E-state index is 2.66. The summed E-state index contributed by atoms with van der Waals surface area (Å²) in [4.78, 5) is 2.66. The molecule has 1 saturated carbocycles. The van der Waals surface area contributed by atoms with Crippen LogP contribution in [0.1, 0.15) is 81.0 Å². The average Bonchev–Trinajstić information content (AvgIpc) is 3.62. The summed E-state index contributed by atoms with van der Waals surface area (Å²) in [5.74, 6) is 0. The number of hydrogen-bond donors (Lipinski definition) is 0. The topological polar surface area (TPSA) is 3.24 Å². The second-order valence-corrected chi connectivity index (χ2v) is 17.6. The van der Waals surface area contributed by atoms with Crippen LogP contribution in [-0.2, 0) is 5.41 Å². The van der Waals surface area contributed by atoms with Gasteiger partial charge in [0.1, 0.15) is 0 Å². The molecule has 0 saturated heterocycles. The Labute approximate surface area is 367 Å². The summed E-state index contributed by atoms with van der Waals surface area (Å²) in [6.45, 7) is 4.79. The minimum atomic E-state index is -0.0575. The lowest BCUT2D eigenvalue weighted by Gasteiger charge is -2.37. The summed E-state index contributed by atoms with van der Waals surface area (Å²) >= 11 is 0. The molecule has 1 heteroatoms. The second-order valence-electron chi connectivity index (χ2n) is 17.6. The van der Waals surface area contributed by atoms with Crippen molar-refractivity contribution in [2.75, 3.05) is 4.90 Å². The van der Waals surface area contributed by atoms with Crippen molar-refractivity contribution in [1.82, 2.24) is 0 Å². The van der Waals surface area contributed by atoms with Crippen LogP contribution in [0.4, 0.5) is 11.4 Å². The van der Waals surface area contributed by atoms with Crippen molar-refractivity contribution in [2.45, 2.75) is 70.3 Å². The normalized spacial score (nSPS) is 14.7. The fourth-order valence-corrected chi connectivity index (χ4v) is 11.5. The first-order valence-electron chi connectivity index (χ1n) is 23.0. The highest BCUT2D eigenvalue weighted by Gasteiger charge is 2.41. The van der Waals surface area contributed by atoms with Crippen LogP contribution in [-0.4, -0.2) is 6.04 Å². The van der Waals surface area contributed by atoms with E-state index in [0.29, 0.717) is 6.04 Å². The van der Waals surface area contributed by atoms with Crippen LogP contribution in [0, 0.1) is 0 Å². The second kappa shape index (κ2) is 16.0. The molecule has 0 aromatic heterocycles. The molecule has 62 heavy (non-hydrogen) atoms. The Kier molecular flexibility index (Phi) is 9.85. The van der Waals surface area contributed by atoms with Crippen LogP contribution in [0.2, 0.25) is 0 Å². The van der Waals surface area contributed by atoms with E-state index in [1.165, 1.54) is 131 Å². The fraction of sp³-hybridized carbons (Fsp3) is 0.180. The molecule has 302 valence electrons. The van der Waals surface area contributed by atoms with Gasteiger partial charge in [-0.3, -0.25) is 0 Å². The quantitative estimate of drug-likeness (QED) is 0.104. The molecule has 0 N–H and O–H groups in total. The molecule has 0 amide bonds. The van der Waals surface area contributed by atoms with E-state index in [2.05, 4.69) is 213 Å². The molecule has 2 aliphatic carbocycles. The van der Waals surface area contributed by atoms with Gasteiger partial charge >= 0.3 is 0 Å². The Morgan fingerprint density at radius 2 is 1.02 bits per heavy atom. The zero-order valence-electron chi connectivity index (χ0n) is 35.9. The van der Waals surface area contributed by atoms with E-state index < -0.39 is 0 Å². The molecule has 9 aromatic carbocycles. The van der Waals surface area contributed by atoms with Crippen molar-refractivity contribution in [3.63, 3.8) is 0 Å². The van der Waals surface area contributed by atoms with Gasteiger partial charge in [-0.2, -0.15) is 0 Å². The first kappa shape index (κ1) is 38.2. The zero-order valence-corrected chi connectivity index (χ0v) is 35.9. The minimum absolute atomic E-state index is 0.0575. The number of anilines is 2. The van der Waals surface area contributed by atoms with E-state index in [-0.39, 0.29) is 5.41 Å². The fourth-order valence-electron chi connectivity index (χ4n) is 11.5. The number of rotatable bonds is 9. The molecule has 0 radical (unpaired) electrons. The first-order chi connectivity index (χ1) is 30.7. The minimum Gasteiger partial charge on any atom is -0.338 e. The van der Waals surface area contributed by atoms with Crippen LogP contribution in [0.3, 0.4) is 0 Å². The van der Waals surface area contributed by atoms with Crippen molar-refractivity contribution in [1.29, 1.82) is 0 Å². The summed E-state index contributed by atoms with van der Waals surface area (Å²) in [6, 6.07) is 68.8.